The fraction of sp³-hybridized carbons (Fsp3) is 0.294. The van der Waals surface area contributed by atoms with Gasteiger partial charge in [0, 0.05) is 36.4 Å². The monoisotopic (exact) mass is 286 g/mol. The number of nitrogens with one attached hydrogen (secondary N) is 1. The topological polar surface area (TPSA) is 15.3 Å². The molecule has 1 aliphatic rings. The SMILES string of the molecule is Cc1ccc(N2CCNC(c3ccccc3)C2)cc1Cl. The van der Waals surface area contributed by atoms with Crippen molar-refractivity contribution < 1.29 is 0 Å². The highest BCUT2D eigenvalue weighted by molar-refractivity contribution is 6.31. The van der Waals surface area contributed by atoms with Crippen LogP contribution in [-0.2, 0) is 0 Å². The number of anilines is 1. The zero-order chi connectivity index (χ0) is 13.9. The Balaban J connectivity index is 1.79. The largest absolute Gasteiger partial charge is 0.368 e. The molecule has 1 saturated heterocycles. The Kier molecular flexibility index (Phi) is 3.95. The van der Waals surface area contributed by atoms with Crippen LogP contribution in [-0.4, -0.2) is 19.6 Å². The van der Waals surface area contributed by atoms with Crippen LogP contribution in [0.15, 0.2) is 48.5 Å². The number of benzene rings is 2. The summed E-state index contributed by atoms with van der Waals surface area (Å²) >= 11 is 6.24. The third-order valence-electron chi connectivity index (χ3n) is 3.90. The highest BCUT2D eigenvalue weighted by Crippen LogP contribution is 2.26. The van der Waals surface area contributed by atoms with Gasteiger partial charge in [0.25, 0.3) is 0 Å². The Morgan fingerprint density at radius 1 is 1.15 bits per heavy atom. The van der Waals surface area contributed by atoms with E-state index in [1.54, 1.807) is 0 Å². The van der Waals surface area contributed by atoms with E-state index >= 15 is 0 Å². The van der Waals surface area contributed by atoms with Gasteiger partial charge in [0.15, 0.2) is 0 Å². The molecule has 3 rings (SSSR count). The van der Waals surface area contributed by atoms with Crippen molar-refractivity contribution in [3.05, 3.63) is 64.7 Å². The van der Waals surface area contributed by atoms with Crippen LogP contribution in [0, 0.1) is 6.92 Å². The van der Waals surface area contributed by atoms with Gasteiger partial charge in [-0.25, -0.2) is 0 Å². The molecule has 2 nitrogen and oxygen atoms in total. The minimum absolute atomic E-state index is 0.380. The lowest BCUT2D eigenvalue weighted by molar-refractivity contribution is 0.472. The van der Waals surface area contributed by atoms with E-state index in [2.05, 4.69) is 58.7 Å². The molecular weight excluding hydrogens is 268 g/mol. The van der Waals surface area contributed by atoms with Gasteiger partial charge in [-0.15, -0.1) is 0 Å². The first-order valence-corrected chi connectivity index (χ1v) is 7.41. The van der Waals surface area contributed by atoms with Gasteiger partial charge in [0.1, 0.15) is 0 Å². The fourth-order valence-electron chi connectivity index (χ4n) is 2.67. The Morgan fingerprint density at radius 3 is 2.70 bits per heavy atom. The predicted molar refractivity (Wildman–Crippen MR) is 85.6 cm³/mol. The van der Waals surface area contributed by atoms with Gasteiger partial charge in [-0.1, -0.05) is 48.0 Å². The maximum atomic E-state index is 6.24. The molecule has 0 aliphatic carbocycles. The number of piperazine rings is 1. The molecule has 1 aliphatic heterocycles. The van der Waals surface area contributed by atoms with Crippen LogP contribution in [0.25, 0.3) is 0 Å². The first-order chi connectivity index (χ1) is 9.74. The van der Waals surface area contributed by atoms with Crippen molar-refractivity contribution in [2.75, 3.05) is 24.5 Å². The molecule has 1 fully saturated rings. The molecule has 0 radical (unpaired) electrons. The average Bonchev–Trinajstić information content (AvgIpc) is 2.51. The van der Waals surface area contributed by atoms with Crippen molar-refractivity contribution in [3.8, 4) is 0 Å². The Labute approximate surface area is 125 Å². The number of aryl methyl sites for hydroxylation is 1. The summed E-state index contributed by atoms with van der Waals surface area (Å²) in [7, 11) is 0. The zero-order valence-electron chi connectivity index (χ0n) is 11.6. The van der Waals surface area contributed by atoms with Gasteiger partial charge in [-0.05, 0) is 30.2 Å². The molecule has 1 atom stereocenters. The first kappa shape index (κ1) is 13.5. The molecule has 1 N–H and O–H groups in total. The van der Waals surface area contributed by atoms with E-state index in [4.69, 9.17) is 11.6 Å². The maximum absolute atomic E-state index is 6.24. The summed E-state index contributed by atoms with van der Waals surface area (Å²) in [5.74, 6) is 0. The van der Waals surface area contributed by atoms with Gasteiger partial charge in [-0.2, -0.15) is 0 Å². The molecule has 104 valence electrons. The molecule has 0 bridgehead atoms. The molecule has 2 aromatic carbocycles. The fourth-order valence-corrected chi connectivity index (χ4v) is 2.85. The molecule has 0 spiro atoms. The Morgan fingerprint density at radius 2 is 1.95 bits per heavy atom. The smallest absolute Gasteiger partial charge is 0.0498 e. The standard InChI is InChI=1S/C17H19ClN2/c1-13-7-8-15(11-16(13)18)20-10-9-19-17(12-20)14-5-3-2-4-6-14/h2-8,11,17,19H,9-10,12H2,1H3. The summed E-state index contributed by atoms with van der Waals surface area (Å²) < 4.78 is 0. The van der Waals surface area contributed by atoms with Crippen molar-refractivity contribution in [3.63, 3.8) is 0 Å². The van der Waals surface area contributed by atoms with Gasteiger partial charge >= 0.3 is 0 Å². The van der Waals surface area contributed by atoms with Crippen LogP contribution in [0.2, 0.25) is 5.02 Å². The van der Waals surface area contributed by atoms with Gasteiger partial charge in [0.05, 0.1) is 0 Å². The third-order valence-corrected chi connectivity index (χ3v) is 4.31. The maximum Gasteiger partial charge on any atom is 0.0498 e. The van der Waals surface area contributed by atoms with E-state index in [-0.39, 0.29) is 0 Å². The molecule has 1 unspecified atom stereocenters. The molecule has 0 saturated carbocycles. The molecule has 0 amide bonds. The van der Waals surface area contributed by atoms with E-state index in [0.717, 1.165) is 30.2 Å². The number of halogens is 1. The highest BCUT2D eigenvalue weighted by atomic mass is 35.5. The van der Waals surface area contributed by atoms with Crippen LogP contribution >= 0.6 is 11.6 Å². The molecule has 1 heterocycles. The Hall–Kier alpha value is -1.51. The lowest BCUT2D eigenvalue weighted by Gasteiger charge is -2.35. The van der Waals surface area contributed by atoms with Crippen LogP contribution in [0.3, 0.4) is 0 Å². The van der Waals surface area contributed by atoms with Gasteiger partial charge in [-0.3, -0.25) is 0 Å². The van der Waals surface area contributed by atoms with Gasteiger partial charge in [0.2, 0.25) is 0 Å². The summed E-state index contributed by atoms with van der Waals surface area (Å²) in [6, 6.07) is 17.3. The van der Waals surface area contributed by atoms with Crippen LogP contribution in [0.4, 0.5) is 5.69 Å². The second-order valence-corrected chi connectivity index (χ2v) is 5.70. The van der Waals surface area contributed by atoms with E-state index in [0.29, 0.717) is 6.04 Å². The minimum atomic E-state index is 0.380. The van der Waals surface area contributed by atoms with Crippen molar-refractivity contribution in [2.24, 2.45) is 0 Å². The highest BCUT2D eigenvalue weighted by Gasteiger charge is 2.20. The summed E-state index contributed by atoms with van der Waals surface area (Å²) in [5.41, 5.74) is 3.68. The summed E-state index contributed by atoms with van der Waals surface area (Å²) in [4.78, 5) is 2.40. The summed E-state index contributed by atoms with van der Waals surface area (Å²) in [5, 5.41) is 4.43. The van der Waals surface area contributed by atoms with E-state index in [1.807, 2.05) is 6.92 Å². The second-order valence-electron chi connectivity index (χ2n) is 5.30. The second kappa shape index (κ2) is 5.86. The predicted octanol–water partition coefficient (Wildman–Crippen LogP) is 3.80. The molecule has 2 aromatic rings. The lowest BCUT2D eigenvalue weighted by atomic mass is 10.0. The Bertz CT molecular complexity index is 583. The lowest BCUT2D eigenvalue weighted by Crippen LogP contribution is -2.45. The third kappa shape index (κ3) is 2.82. The summed E-state index contributed by atoms with van der Waals surface area (Å²) in [6.07, 6.45) is 0. The van der Waals surface area contributed by atoms with E-state index < -0.39 is 0 Å². The minimum Gasteiger partial charge on any atom is -0.368 e. The average molecular weight is 287 g/mol. The van der Waals surface area contributed by atoms with Crippen LogP contribution in [0.1, 0.15) is 17.2 Å². The molecule has 20 heavy (non-hydrogen) atoms. The number of hydrogen-bond acceptors (Lipinski definition) is 2. The number of rotatable bonds is 2. The number of hydrogen-bond donors (Lipinski definition) is 1. The van der Waals surface area contributed by atoms with Crippen molar-refractivity contribution in [1.29, 1.82) is 0 Å². The van der Waals surface area contributed by atoms with E-state index in [9.17, 15) is 0 Å². The zero-order valence-corrected chi connectivity index (χ0v) is 12.4. The van der Waals surface area contributed by atoms with Crippen molar-refractivity contribution in [2.45, 2.75) is 13.0 Å². The van der Waals surface area contributed by atoms with E-state index in [1.165, 1.54) is 11.3 Å². The molecular formula is C17H19ClN2. The molecule has 3 heteroatoms. The van der Waals surface area contributed by atoms with Crippen molar-refractivity contribution >= 4 is 17.3 Å². The first-order valence-electron chi connectivity index (χ1n) is 7.03. The normalized spacial score (nSPS) is 19.1. The van der Waals surface area contributed by atoms with Crippen LogP contribution in [0.5, 0.6) is 0 Å². The van der Waals surface area contributed by atoms with Crippen LogP contribution < -0.4 is 10.2 Å². The quantitative estimate of drug-likeness (QED) is 0.903. The summed E-state index contributed by atoms with van der Waals surface area (Å²) in [6.45, 7) is 5.02. The van der Waals surface area contributed by atoms with Gasteiger partial charge < -0.3 is 10.2 Å². The number of nitrogens with zero attached hydrogens (tertiary/aromatic N) is 1. The van der Waals surface area contributed by atoms with Crippen molar-refractivity contribution in [1.82, 2.24) is 5.32 Å². The molecule has 0 aromatic heterocycles.